The number of amides is 1. The maximum atomic E-state index is 12.8. The first-order valence-electron chi connectivity index (χ1n) is 9.81. The average molecular weight is 439 g/mol. The molecule has 1 amide bonds. The van der Waals surface area contributed by atoms with Crippen LogP contribution in [0.3, 0.4) is 0 Å². The molecular weight excluding hydrogens is 412 g/mol. The van der Waals surface area contributed by atoms with Crippen LogP contribution in [0.1, 0.15) is 22.3 Å². The fraction of sp³-hybridized carbons (Fsp3) is 0.208. The third-order valence-corrected chi connectivity index (χ3v) is 6.37. The number of sulfonamides is 1. The van der Waals surface area contributed by atoms with Crippen LogP contribution in [0.2, 0.25) is 0 Å². The lowest BCUT2D eigenvalue weighted by atomic mass is 10.0. The number of aryl methyl sites for hydroxylation is 3. The molecular formula is C24H26N2O4S. The highest BCUT2D eigenvalue weighted by Gasteiger charge is 2.17. The SMILES string of the molecule is COc1ccc(C)cc1NS(=O)(=O)c1ccc(NC(=O)Cc2ccc(C)c(C)c2)cc1. The van der Waals surface area contributed by atoms with Crippen molar-refractivity contribution in [3.8, 4) is 5.75 Å². The van der Waals surface area contributed by atoms with Gasteiger partial charge in [-0.2, -0.15) is 0 Å². The van der Waals surface area contributed by atoms with E-state index in [4.69, 9.17) is 4.74 Å². The zero-order chi connectivity index (χ0) is 22.6. The standard InChI is InChI=1S/C24H26N2O4S/c1-16-5-12-23(30-4)22(13-16)26-31(28,29)21-10-8-20(9-11-21)25-24(27)15-19-7-6-17(2)18(3)14-19/h5-14,26H,15H2,1-4H3,(H,25,27). The van der Waals surface area contributed by atoms with Crippen LogP contribution in [0.25, 0.3) is 0 Å². The van der Waals surface area contributed by atoms with E-state index in [2.05, 4.69) is 10.0 Å². The summed E-state index contributed by atoms with van der Waals surface area (Å²) in [5, 5.41) is 2.80. The second-order valence-electron chi connectivity index (χ2n) is 7.48. The Kier molecular flexibility index (Phi) is 6.65. The largest absolute Gasteiger partial charge is 0.495 e. The second kappa shape index (κ2) is 9.22. The Hall–Kier alpha value is -3.32. The Morgan fingerprint density at radius 2 is 1.61 bits per heavy atom. The highest BCUT2D eigenvalue weighted by Crippen LogP contribution is 2.28. The number of hydrogen-bond acceptors (Lipinski definition) is 4. The average Bonchev–Trinajstić information content (AvgIpc) is 2.71. The van der Waals surface area contributed by atoms with E-state index < -0.39 is 10.0 Å². The Morgan fingerprint density at radius 3 is 2.26 bits per heavy atom. The minimum Gasteiger partial charge on any atom is -0.495 e. The van der Waals surface area contributed by atoms with E-state index in [9.17, 15) is 13.2 Å². The topological polar surface area (TPSA) is 84.5 Å². The molecule has 162 valence electrons. The molecule has 0 bridgehead atoms. The Labute approximate surface area is 183 Å². The van der Waals surface area contributed by atoms with Gasteiger partial charge in [0.05, 0.1) is 24.1 Å². The number of methoxy groups -OCH3 is 1. The first-order valence-corrected chi connectivity index (χ1v) is 11.3. The van der Waals surface area contributed by atoms with Crippen LogP contribution in [0.5, 0.6) is 5.75 Å². The summed E-state index contributed by atoms with van der Waals surface area (Å²) < 4.78 is 33.3. The molecule has 0 aromatic heterocycles. The summed E-state index contributed by atoms with van der Waals surface area (Å²) in [6.45, 7) is 5.90. The van der Waals surface area contributed by atoms with Crippen LogP contribution >= 0.6 is 0 Å². The number of nitrogens with one attached hydrogen (secondary N) is 2. The van der Waals surface area contributed by atoms with E-state index in [1.807, 2.05) is 45.0 Å². The third kappa shape index (κ3) is 5.64. The van der Waals surface area contributed by atoms with Crippen molar-refractivity contribution in [2.75, 3.05) is 17.1 Å². The molecule has 3 rings (SSSR count). The van der Waals surface area contributed by atoms with Gasteiger partial charge in [0, 0.05) is 5.69 Å². The van der Waals surface area contributed by atoms with Gasteiger partial charge in [-0.1, -0.05) is 24.3 Å². The summed E-state index contributed by atoms with van der Waals surface area (Å²) in [6, 6.07) is 17.2. The molecule has 0 radical (unpaired) electrons. The van der Waals surface area contributed by atoms with E-state index in [0.29, 0.717) is 17.1 Å². The number of carbonyl (C=O) groups excluding carboxylic acids is 1. The molecule has 0 aliphatic rings. The van der Waals surface area contributed by atoms with Crippen LogP contribution in [0.4, 0.5) is 11.4 Å². The predicted octanol–water partition coefficient (Wildman–Crippen LogP) is 4.60. The van der Waals surface area contributed by atoms with Gasteiger partial charge >= 0.3 is 0 Å². The van der Waals surface area contributed by atoms with Crippen LogP contribution in [-0.4, -0.2) is 21.4 Å². The van der Waals surface area contributed by atoms with Gasteiger partial charge in [-0.15, -0.1) is 0 Å². The summed E-state index contributed by atoms with van der Waals surface area (Å²) in [7, 11) is -2.32. The molecule has 7 heteroatoms. The van der Waals surface area contributed by atoms with Gasteiger partial charge in [-0.25, -0.2) is 8.42 Å². The molecule has 6 nitrogen and oxygen atoms in total. The van der Waals surface area contributed by atoms with Crippen molar-refractivity contribution in [3.05, 3.63) is 82.9 Å². The van der Waals surface area contributed by atoms with Crippen LogP contribution in [-0.2, 0) is 21.2 Å². The summed E-state index contributed by atoms with van der Waals surface area (Å²) in [5.74, 6) is 0.269. The molecule has 0 aliphatic heterocycles. The first-order chi connectivity index (χ1) is 14.7. The van der Waals surface area contributed by atoms with Gasteiger partial charge in [0.2, 0.25) is 5.91 Å². The number of hydrogen-bond donors (Lipinski definition) is 2. The summed E-state index contributed by atoms with van der Waals surface area (Å²) >= 11 is 0. The highest BCUT2D eigenvalue weighted by molar-refractivity contribution is 7.92. The predicted molar refractivity (Wildman–Crippen MR) is 123 cm³/mol. The van der Waals surface area contributed by atoms with Crippen molar-refractivity contribution < 1.29 is 17.9 Å². The maximum absolute atomic E-state index is 12.8. The normalized spacial score (nSPS) is 11.1. The molecule has 31 heavy (non-hydrogen) atoms. The van der Waals surface area contributed by atoms with E-state index >= 15 is 0 Å². The molecule has 3 aromatic carbocycles. The molecule has 0 fully saturated rings. The van der Waals surface area contributed by atoms with Crippen molar-refractivity contribution in [2.45, 2.75) is 32.1 Å². The van der Waals surface area contributed by atoms with Crippen LogP contribution in [0.15, 0.2) is 65.6 Å². The lowest BCUT2D eigenvalue weighted by Crippen LogP contribution is -2.16. The molecule has 0 unspecified atom stereocenters. The summed E-state index contributed by atoms with van der Waals surface area (Å²) in [4.78, 5) is 12.4. The Morgan fingerprint density at radius 1 is 0.903 bits per heavy atom. The van der Waals surface area contributed by atoms with Crippen LogP contribution in [0, 0.1) is 20.8 Å². The van der Waals surface area contributed by atoms with Crippen molar-refractivity contribution in [1.29, 1.82) is 0 Å². The molecule has 0 atom stereocenters. The van der Waals surface area contributed by atoms with Gasteiger partial charge in [-0.3, -0.25) is 9.52 Å². The van der Waals surface area contributed by atoms with Crippen molar-refractivity contribution >= 4 is 27.3 Å². The van der Waals surface area contributed by atoms with Gasteiger partial charge in [0.15, 0.2) is 0 Å². The summed E-state index contributed by atoms with van der Waals surface area (Å²) in [6.07, 6.45) is 0.246. The number of carbonyl (C=O) groups is 1. The first kappa shape index (κ1) is 22.4. The fourth-order valence-corrected chi connectivity index (χ4v) is 4.19. The lowest BCUT2D eigenvalue weighted by Gasteiger charge is -2.13. The van der Waals surface area contributed by atoms with Gasteiger partial charge in [0.1, 0.15) is 5.75 Å². The number of anilines is 2. The molecule has 0 saturated heterocycles. The van der Waals surface area contributed by atoms with E-state index in [0.717, 1.165) is 16.7 Å². The zero-order valence-electron chi connectivity index (χ0n) is 18.0. The Bertz CT molecular complexity index is 1200. The zero-order valence-corrected chi connectivity index (χ0v) is 18.8. The van der Waals surface area contributed by atoms with Crippen molar-refractivity contribution in [1.82, 2.24) is 0 Å². The lowest BCUT2D eigenvalue weighted by molar-refractivity contribution is -0.115. The monoisotopic (exact) mass is 438 g/mol. The number of ether oxygens (including phenoxy) is 1. The molecule has 0 heterocycles. The molecule has 0 aliphatic carbocycles. The van der Waals surface area contributed by atoms with E-state index in [-0.39, 0.29) is 17.2 Å². The highest BCUT2D eigenvalue weighted by atomic mass is 32.2. The second-order valence-corrected chi connectivity index (χ2v) is 9.16. The smallest absolute Gasteiger partial charge is 0.262 e. The minimum absolute atomic E-state index is 0.0863. The minimum atomic E-state index is -3.81. The summed E-state index contributed by atoms with van der Waals surface area (Å²) in [5.41, 5.74) is 5.04. The third-order valence-electron chi connectivity index (χ3n) is 4.98. The van der Waals surface area contributed by atoms with Crippen LogP contribution < -0.4 is 14.8 Å². The Balaban J connectivity index is 1.69. The molecule has 2 N–H and O–H groups in total. The molecule has 0 saturated carbocycles. The van der Waals surface area contributed by atoms with Gasteiger partial charge in [-0.05, 0) is 79.4 Å². The quantitative estimate of drug-likeness (QED) is 0.565. The van der Waals surface area contributed by atoms with Gasteiger partial charge < -0.3 is 10.1 Å². The van der Waals surface area contributed by atoms with E-state index in [1.54, 1.807) is 24.3 Å². The van der Waals surface area contributed by atoms with Crippen molar-refractivity contribution in [3.63, 3.8) is 0 Å². The molecule has 0 spiro atoms. The van der Waals surface area contributed by atoms with Gasteiger partial charge in [0.25, 0.3) is 10.0 Å². The fourth-order valence-electron chi connectivity index (χ4n) is 3.13. The van der Waals surface area contributed by atoms with Crippen molar-refractivity contribution in [2.24, 2.45) is 0 Å². The van der Waals surface area contributed by atoms with E-state index in [1.165, 1.54) is 24.8 Å². The number of benzene rings is 3. The maximum Gasteiger partial charge on any atom is 0.262 e. The number of rotatable bonds is 7. The molecule has 3 aromatic rings.